The maximum absolute atomic E-state index is 12.7. The van der Waals surface area contributed by atoms with Crippen LogP contribution in [-0.4, -0.2) is 46.7 Å². The maximum atomic E-state index is 12.7. The summed E-state index contributed by atoms with van der Waals surface area (Å²) in [4.78, 5) is 48.3. The molecule has 198 valence electrons. The van der Waals surface area contributed by atoms with Crippen LogP contribution in [0.15, 0.2) is 48.5 Å². The summed E-state index contributed by atoms with van der Waals surface area (Å²) in [6, 6.07) is 13.0. The van der Waals surface area contributed by atoms with Gasteiger partial charge in [-0.3, -0.25) is 15.0 Å². The topological polar surface area (TPSA) is 160 Å². The highest BCUT2D eigenvalue weighted by Gasteiger charge is 2.21. The summed E-state index contributed by atoms with van der Waals surface area (Å²) >= 11 is 0. The Hall–Kier alpha value is -4.01. The molecule has 0 bridgehead atoms. The Morgan fingerprint density at radius 2 is 1.49 bits per heavy atom. The van der Waals surface area contributed by atoms with Crippen LogP contribution in [0.1, 0.15) is 77.8 Å². The molecule has 1 atom stereocenters. The second kappa shape index (κ2) is 14.5. The molecule has 1 unspecified atom stereocenters. The Morgan fingerprint density at radius 1 is 0.919 bits per heavy atom. The van der Waals surface area contributed by atoms with E-state index in [-0.39, 0.29) is 36.3 Å². The molecule has 1 amide bonds. The monoisotopic (exact) mass is 509 g/mol. The second-order valence-corrected chi connectivity index (χ2v) is 9.17. The zero-order valence-electron chi connectivity index (χ0n) is 21.3. The number of ether oxygens (including phenoxy) is 1. The molecule has 0 aliphatic rings. The number of alkyl carbamates (subject to hydrolysis) is 1. The van der Waals surface area contributed by atoms with Crippen molar-refractivity contribution >= 4 is 29.5 Å². The first kappa shape index (κ1) is 29.2. The van der Waals surface area contributed by atoms with E-state index in [4.69, 9.17) is 15.9 Å². The lowest BCUT2D eigenvalue weighted by Crippen LogP contribution is -2.43. The quantitative estimate of drug-likeness (QED) is 0.158. The molecule has 0 heterocycles. The van der Waals surface area contributed by atoms with Crippen LogP contribution >= 0.6 is 0 Å². The number of amidine groups is 1. The number of hydrogen-bond acceptors (Lipinski definition) is 6. The van der Waals surface area contributed by atoms with Crippen molar-refractivity contribution in [3.63, 3.8) is 0 Å². The van der Waals surface area contributed by atoms with E-state index >= 15 is 0 Å². The molecule has 2 aromatic rings. The van der Waals surface area contributed by atoms with E-state index in [0.29, 0.717) is 43.2 Å². The minimum Gasteiger partial charge on any atom is -0.480 e. The van der Waals surface area contributed by atoms with Crippen LogP contribution in [0.3, 0.4) is 0 Å². The molecular formula is C28H35N3O6. The van der Waals surface area contributed by atoms with Gasteiger partial charge in [-0.1, -0.05) is 42.5 Å². The number of ketones is 2. The van der Waals surface area contributed by atoms with Gasteiger partial charge in [0.05, 0.1) is 11.9 Å². The minimum absolute atomic E-state index is 0.0429. The summed E-state index contributed by atoms with van der Waals surface area (Å²) in [6.45, 7) is 3.36. The zero-order chi connectivity index (χ0) is 27.4. The number of benzene rings is 2. The third-order valence-electron chi connectivity index (χ3n) is 5.62. The normalized spacial score (nSPS) is 11.5. The molecular weight excluding hydrogens is 474 g/mol. The number of rotatable bonds is 15. The zero-order valence-corrected chi connectivity index (χ0v) is 21.3. The van der Waals surface area contributed by atoms with Crippen LogP contribution in [0.4, 0.5) is 4.79 Å². The number of amides is 1. The van der Waals surface area contributed by atoms with E-state index in [2.05, 4.69) is 5.32 Å². The van der Waals surface area contributed by atoms with E-state index in [1.807, 2.05) is 24.3 Å². The smallest absolute Gasteiger partial charge is 0.408 e. The van der Waals surface area contributed by atoms with Gasteiger partial charge in [-0.2, -0.15) is 0 Å². The Bertz CT molecular complexity index is 1110. The molecule has 0 fully saturated rings. The molecule has 9 nitrogen and oxygen atoms in total. The number of carbonyl (C=O) groups is 4. The first-order valence-electron chi connectivity index (χ1n) is 12.3. The largest absolute Gasteiger partial charge is 0.480 e. The standard InChI is InChI=1S/C28H35N3O6/c1-18(2)37-28(36)31-23(27(34)35)16-20-14-12-19(13-15-20)6-3-9-24(32)21-7-4-8-22(17-21)25(33)10-5-11-26(29)30/h4,7-8,12-15,17-18,23H,3,5-6,9-11,16H2,1-2H3,(H3,29,30)(H,31,36)(H,34,35). The molecule has 0 radical (unpaired) electrons. The molecule has 0 spiro atoms. The number of Topliss-reactive ketones (excluding diaryl/α,β-unsaturated/α-hetero) is 2. The van der Waals surface area contributed by atoms with Gasteiger partial charge >= 0.3 is 12.1 Å². The molecule has 2 rings (SSSR count). The highest BCUT2D eigenvalue weighted by molar-refractivity contribution is 6.01. The van der Waals surface area contributed by atoms with Crippen molar-refractivity contribution in [2.75, 3.05) is 0 Å². The Balaban J connectivity index is 1.85. The van der Waals surface area contributed by atoms with E-state index in [0.717, 1.165) is 11.1 Å². The third kappa shape index (κ3) is 10.6. The molecule has 0 saturated carbocycles. The number of aliphatic carboxylic acids is 1. The number of hydrogen-bond donors (Lipinski definition) is 4. The van der Waals surface area contributed by atoms with Crippen LogP contribution in [0.5, 0.6) is 0 Å². The van der Waals surface area contributed by atoms with Gasteiger partial charge in [0.15, 0.2) is 11.6 Å². The molecule has 0 aromatic heterocycles. The highest BCUT2D eigenvalue weighted by atomic mass is 16.6. The summed E-state index contributed by atoms with van der Waals surface area (Å²) in [5.74, 6) is -1.21. The van der Waals surface area contributed by atoms with Gasteiger partial charge in [0.25, 0.3) is 0 Å². The minimum atomic E-state index is -1.15. The first-order valence-corrected chi connectivity index (χ1v) is 12.3. The third-order valence-corrected chi connectivity index (χ3v) is 5.62. The van der Waals surface area contributed by atoms with Crippen molar-refractivity contribution in [1.82, 2.24) is 5.32 Å². The van der Waals surface area contributed by atoms with Crippen molar-refractivity contribution in [2.24, 2.45) is 5.73 Å². The van der Waals surface area contributed by atoms with E-state index in [1.165, 1.54) is 0 Å². The maximum Gasteiger partial charge on any atom is 0.408 e. The van der Waals surface area contributed by atoms with E-state index in [9.17, 15) is 24.3 Å². The van der Waals surface area contributed by atoms with Crippen molar-refractivity contribution in [1.29, 1.82) is 5.41 Å². The van der Waals surface area contributed by atoms with Gasteiger partial charge in [-0.15, -0.1) is 0 Å². The summed E-state index contributed by atoms with van der Waals surface area (Å²) < 4.78 is 4.96. The fraction of sp³-hybridized carbons (Fsp3) is 0.393. The molecule has 9 heteroatoms. The van der Waals surface area contributed by atoms with Gasteiger partial charge in [-0.05, 0) is 50.3 Å². The van der Waals surface area contributed by atoms with Gasteiger partial charge in [0.2, 0.25) is 0 Å². The Morgan fingerprint density at radius 3 is 2.03 bits per heavy atom. The second-order valence-electron chi connectivity index (χ2n) is 9.17. The van der Waals surface area contributed by atoms with Crippen molar-refractivity contribution < 1.29 is 29.0 Å². The average molecular weight is 510 g/mol. The average Bonchev–Trinajstić information content (AvgIpc) is 2.83. The van der Waals surface area contributed by atoms with Crippen LogP contribution in [-0.2, 0) is 22.4 Å². The predicted octanol–water partition coefficient (Wildman–Crippen LogP) is 4.31. The lowest BCUT2D eigenvalue weighted by atomic mass is 9.98. The number of aryl methyl sites for hydroxylation is 1. The van der Waals surface area contributed by atoms with Crippen molar-refractivity contribution in [2.45, 2.75) is 70.9 Å². The van der Waals surface area contributed by atoms with Crippen LogP contribution in [0, 0.1) is 5.41 Å². The summed E-state index contributed by atoms with van der Waals surface area (Å²) in [7, 11) is 0. The molecule has 0 saturated heterocycles. The SMILES string of the molecule is CC(C)OC(=O)NC(Cc1ccc(CCCC(=O)c2cccc(C(=O)CCCC(=N)N)c2)cc1)C(=O)O. The number of nitrogens with two attached hydrogens (primary N) is 1. The van der Waals surface area contributed by atoms with Gasteiger partial charge in [0, 0.05) is 36.8 Å². The summed E-state index contributed by atoms with van der Waals surface area (Å²) in [5.41, 5.74) is 8.06. The summed E-state index contributed by atoms with van der Waals surface area (Å²) in [5, 5.41) is 19.0. The van der Waals surface area contributed by atoms with Gasteiger partial charge in [-0.25, -0.2) is 9.59 Å². The van der Waals surface area contributed by atoms with Gasteiger partial charge < -0.3 is 20.9 Å². The first-order chi connectivity index (χ1) is 17.5. The Kier molecular flexibility index (Phi) is 11.5. The molecule has 37 heavy (non-hydrogen) atoms. The van der Waals surface area contributed by atoms with Gasteiger partial charge in [0.1, 0.15) is 6.04 Å². The van der Waals surface area contributed by atoms with Crippen LogP contribution in [0.2, 0.25) is 0 Å². The molecule has 0 aliphatic carbocycles. The van der Waals surface area contributed by atoms with E-state index < -0.39 is 18.1 Å². The van der Waals surface area contributed by atoms with Crippen LogP contribution < -0.4 is 11.1 Å². The lowest BCUT2D eigenvalue weighted by molar-refractivity contribution is -0.139. The van der Waals surface area contributed by atoms with E-state index in [1.54, 1.807) is 38.1 Å². The predicted molar refractivity (Wildman–Crippen MR) is 140 cm³/mol. The Labute approximate surface area is 216 Å². The fourth-order valence-electron chi connectivity index (χ4n) is 3.72. The molecule has 0 aliphatic heterocycles. The molecule has 2 aromatic carbocycles. The number of carbonyl (C=O) groups excluding carboxylic acids is 3. The van der Waals surface area contributed by atoms with Crippen LogP contribution in [0.25, 0.3) is 0 Å². The number of nitrogens with one attached hydrogen (secondary N) is 2. The van der Waals surface area contributed by atoms with Crippen molar-refractivity contribution in [3.8, 4) is 0 Å². The highest BCUT2D eigenvalue weighted by Crippen LogP contribution is 2.15. The number of carboxylic acid groups (broad SMARTS) is 1. The fourth-order valence-corrected chi connectivity index (χ4v) is 3.72. The van der Waals surface area contributed by atoms with Crippen molar-refractivity contribution in [3.05, 3.63) is 70.8 Å². The summed E-state index contributed by atoms with van der Waals surface area (Å²) in [6.07, 6.45) is 1.75. The lowest BCUT2D eigenvalue weighted by Gasteiger charge is -2.16. The molecule has 5 N–H and O–H groups in total. The number of carboxylic acids is 1.